The highest BCUT2D eigenvalue weighted by molar-refractivity contribution is 5.25. The van der Waals surface area contributed by atoms with Crippen molar-refractivity contribution in [1.82, 2.24) is 10.1 Å². The van der Waals surface area contributed by atoms with Gasteiger partial charge in [0.05, 0.1) is 0 Å². The smallest absolute Gasteiger partial charge is 0.344 e. The molecule has 0 fully saturated rings. The predicted octanol–water partition coefficient (Wildman–Crippen LogP) is 0.872. The maximum Gasteiger partial charge on any atom is 0.415 e. The number of anilines is 1. The van der Waals surface area contributed by atoms with Gasteiger partial charge in [0.1, 0.15) is 0 Å². The van der Waals surface area contributed by atoms with Gasteiger partial charge >= 0.3 is 6.18 Å². The quantitative estimate of drug-likeness (QED) is 0.807. The summed E-state index contributed by atoms with van der Waals surface area (Å²) in [6.45, 7) is 0.778. The standard InChI is InChI=1S/C7H11F3N4O/c1-6(11,7(8,9)10)4-12-5(13-15-4)14(2)3/h11H2,1-3H3. The third-order valence-corrected chi connectivity index (χ3v) is 1.85. The first-order chi connectivity index (χ1) is 6.66. The first kappa shape index (κ1) is 11.8. The SMILES string of the molecule is CN(C)c1noc(C(C)(N)C(F)(F)F)n1. The van der Waals surface area contributed by atoms with Crippen LogP contribution >= 0.6 is 0 Å². The van der Waals surface area contributed by atoms with E-state index >= 15 is 0 Å². The Morgan fingerprint density at radius 2 is 1.87 bits per heavy atom. The summed E-state index contributed by atoms with van der Waals surface area (Å²) in [7, 11) is 3.16. The van der Waals surface area contributed by atoms with E-state index in [-0.39, 0.29) is 5.95 Å². The lowest BCUT2D eigenvalue weighted by atomic mass is 10.0. The average Bonchev–Trinajstić information content (AvgIpc) is 2.49. The number of alkyl halides is 3. The molecule has 1 aromatic rings. The van der Waals surface area contributed by atoms with Crippen LogP contribution in [0.2, 0.25) is 0 Å². The summed E-state index contributed by atoms with van der Waals surface area (Å²) in [6.07, 6.45) is -4.64. The lowest BCUT2D eigenvalue weighted by molar-refractivity contribution is -0.190. The normalized spacial score (nSPS) is 16.2. The van der Waals surface area contributed by atoms with Crippen LogP contribution in [-0.4, -0.2) is 30.4 Å². The van der Waals surface area contributed by atoms with Gasteiger partial charge in [0, 0.05) is 14.1 Å². The van der Waals surface area contributed by atoms with Crippen molar-refractivity contribution < 1.29 is 17.7 Å². The van der Waals surface area contributed by atoms with Crippen LogP contribution in [-0.2, 0) is 5.54 Å². The van der Waals surface area contributed by atoms with Crippen LogP contribution in [0.25, 0.3) is 0 Å². The van der Waals surface area contributed by atoms with Gasteiger partial charge in [-0.05, 0) is 12.1 Å². The van der Waals surface area contributed by atoms with E-state index in [0.29, 0.717) is 0 Å². The molecule has 1 heterocycles. The Labute approximate surface area is 84.0 Å². The van der Waals surface area contributed by atoms with E-state index in [4.69, 9.17) is 5.73 Å². The van der Waals surface area contributed by atoms with Crippen LogP contribution in [0.15, 0.2) is 4.52 Å². The molecule has 0 saturated carbocycles. The van der Waals surface area contributed by atoms with Crippen molar-refractivity contribution in [1.29, 1.82) is 0 Å². The molecular formula is C7H11F3N4O. The second kappa shape index (κ2) is 3.37. The number of nitrogens with two attached hydrogens (primary N) is 1. The van der Waals surface area contributed by atoms with E-state index in [2.05, 4.69) is 14.7 Å². The van der Waals surface area contributed by atoms with Crippen LogP contribution in [0.1, 0.15) is 12.8 Å². The van der Waals surface area contributed by atoms with Gasteiger partial charge in [0.15, 0.2) is 5.54 Å². The van der Waals surface area contributed by atoms with E-state index in [1.54, 1.807) is 14.1 Å². The molecule has 0 amide bonds. The van der Waals surface area contributed by atoms with Gasteiger partial charge < -0.3 is 15.2 Å². The zero-order valence-corrected chi connectivity index (χ0v) is 8.46. The zero-order valence-electron chi connectivity index (χ0n) is 8.46. The molecule has 15 heavy (non-hydrogen) atoms. The molecule has 0 aliphatic rings. The van der Waals surface area contributed by atoms with Crippen LogP contribution in [0.3, 0.4) is 0 Å². The molecule has 0 radical (unpaired) electrons. The molecule has 0 saturated heterocycles. The van der Waals surface area contributed by atoms with Crippen LogP contribution in [0.4, 0.5) is 19.1 Å². The number of rotatable bonds is 2. The number of hydrogen-bond donors (Lipinski definition) is 1. The third-order valence-electron chi connectivity index (χ3n) is 1.85. The number of aromatic nitrogens is 2. The first-order valence-corrected chi connectivity index (χ1v) is 4.03. The fraction of sp³-hybridized carbons (Fsp3) is 0.714. The molecule has 1 atom stereocenters. The molecule has 1 rings (SSSR count). The van der Waals surface area contributed by atoms with Crippen molar-refractivity contribution >= 4 is 5.95 Å². The Hall–Kier alpha value is -1.31. The van der Waals surface area contributed by atoms with E-state index < -0.39 is 17.6 Å². The molecule has 0 aliphatic heterocycles. The summed E-state index contributed by atoms with van der Waals surface area (Å²) in [5.41, 5.74) is 2.46. The average molecular weight is 224 g/mol. The maximum absolute atomic E-state index is 12.5. The Morgan fingerprint density at radius 1 is 1.33 bits per heavy atom. The molecule has 86 valence electrons. The van der Waals surface area contributed by atoms with Gasteiger partial charge in [-0.25, -0.2) is 0 Å². The Bertz CT molecular complexity index is 344. The molecule has 5 nitrogen and oxygen atoms in total. The van der Waals surface area contributed by atoms with Gasteiger partial charge in [-0.2, -0.15) is 18.2 Å². The van der Waals surface area contributed by atoms with E-state index in [0.717, 1.165) is 6.92 Å². The summed E-state index contributed by atoms with van der Waals surface area (Å²) in [6, 6.07) is 0. The Kier molecular flexibility index (Phi) is 2.64. The number of nitrogens with zero attached hydrogens (tertiary/aromatic N) is 3. The highest BCUT2D eigenvalue weighted by Gasteiger charge is 2.53. The zero-order chi connectivity index (χ0) is 11.9. The second-order valence-corrected chi connectivity index (χ2v) is 3.49. The van der Waals surface area contributed by atoms with Crippen LogP contribution in [0.5, 0.6) is 0 Å². The minimum Gasteiger partial charge on any atom is -0.344 e. The molecule has 8 heteroatoms. The van der Waals surface area contributed by atoms with Crippen molar-refractivity contribution in [2.45, 2.75) is 18.6 Å². The number of halogens is 3. The van der Waals surface area contributed by atoms with E-state index in [9.17, 15) is 13.2 Å². The van der Waals surface area contributed by atoms with Crippen LogP contribution in [0, 0.1) is 0 Å². The molecular weight excluding hydrogens is 213 g/mol. The highest BCUT2D eigenvalue weighted by atomic mass is 19.4. The van der Waals surface area contributed by atoms with Gasteiger partial charge in [-0.15, -0.1) is 0 Å². The fourth-order valence-corrected chi connectivity index (χ4v) is 0.730. The lowest BCUT2D eigenvalue weighted by Crippen LogP contribution is -2.48. The number of hydrogen-bond acceptors (Lipinski definition) is 5. The van der Waals surface area contributed by atoms with Crippen molar-refractivity contribution in [2.24, 2.45) is 5.73 Å². The first-order valence-electron chi connectivity index (χ1n) is 4.03. The summed E-state index contributed by atoms with van der Waals surface area (Å²) >= 11 is 0. The topological polar surface area (TPSA) is 68.2 Å². The van der Waals surface area contributed by atoms with Gasteiger partial charge in [-0.1, -0.05) is 0 Å². The van der Waals surface area contributed by atoms with Gasteiger partial charge in [0.2, 0.25) is 0 Å². The minimum absolute atomic E-state index is 0.0472. The monoisotopic (exact) mass is 224 g/mol. The molecule has 0 bridgehead atoms. The summed E-state index contributed by atoms with van der Waals surface area (Å²) in [5.74, 6) is -0.607. The van der Waals surface area contributed by atoms with Gasteiger partial charge in [0.25, 0.3) is 11.8 Å². The third kappa shape index (κ3) is 2.04. The fourth-order valence-electron chi connectivity index (χ4n) is 0.730. The molecule has 2 N–H and O–H groups in total. The van der Waals surface area contributed by atoms with Crippen molar-refractivity contribution in [2.75, 3.05) is 19.0 Å². The summed E-state index contributed by atoms with van der Waals surface area (Å²) < 4.78 is 41.9. The van der Waals surface area contributed by atoms with E-state index in [1.807, 2.05) is 0 Å². The van der Waals surface area contributed by atoms with Crippen molar-refractivity contribution in [3.63, 3.8) is 0 Å². The minimum atomic E-state index is -4.64. The summed E-state index contributed by atoms with van der Waals surface area (Å²) in [4.78, 5) is 4.97. The second-order valence-electron chi connectivity index (χ2n) is 3.49. The predicted molar refractivity (Wildman–Crippen MR) is 46.2 cm³/mol. The van der Waals surface area contributed by atoms with E-state index in [1.165, 1.54) is 4.90 Å². The molecule has 1 aromatic heterocycles. The molecule has 0 aromatic carbocycles. The Morgan fingerprint density at radius 3 is 2.20 bits per heavy atom. The summed E-state index contributed by atoms with van der Waals surface area (Å²) in [5, 5.41) is 3.36. The van der Waals surface area contributed by atoms with Crippen molar-refractivity contribution in [3.05, 3.63) is 5.89 Å². The van der Waals surface area contributed by atoms with Crippen LogP contribution < -0.4 is 10.6 Å². The van der Waals surface area contributed by atoms with Crippen molar-refractivity contribution in [3.8, 4) is 0 Å². The largest absolute Gasteiger partial charge is 0.415 e. The highest BCUT2D eigenvalue weighted by Crippen LogP contribution is 2.35. The maximum atomic E-state index is 12.5. The molecule has 0 spiro atoms. The lowest BCUT2D eigenvalue weighted by Gasteiger charge is -2.22. The Balaban J connectivity index is 3.06. The van der Waals surface area contributed by atoms with Gasteiger partial charge in [-0.3, -0.25) is 0 Å². The molecule has 0 aliphatic carbocycles. The molecule has 1 unspecified atom stereocenters.